The lowest BCUT2D eigenvalue weighted by atomic mass is 10.1. The average Bonchev–Trinajstić information content (AvgIpc) is 2.62. The zero-order valence-electron chi connectivity index (χ0n) is 14.7. The maximum Gasteiger partial charge on any atom is 0.416 e. The van der Waals surface area contributed by atoms with Crippen LogP contribution in [-0.4, -0.2) is 39.1 Å². The van der Waals surface area contributed by atoms with Crippen molar-refractivity contribution in [3.05, 3.63) is 59.4 Å². The molecule has 0 spiro atoms. The molecular formula is C19H20F4N3O+. The fourth-order valence-corrected chi connectivity index (χ4v) is 3.04. The van der Waals surface area contributed by atoms with Gasteiger partial charge in [-0.25, -0.2) is 4.39 Å². The second kappa shape index (κ2) is 7.56. The summed E-state index contributed by atoms with van der Waals surface area (Å²) >= 11 is 0. The summed E-state index contributed by atoms with van der Waals surface area (Å²) in [6, 6.07) is 8.34. The van der Waals surface area contributed by atoms with Crippen molar-refractivity contribution in [2.24, 2.45) is 0 Å². The fraction of sp³-hybridized carbons (Fsp3) is 0.316. The molecule has 144 valence electrons. The third-order valence-corrected chi connectivity index (χ3v) is 4.62. The highest BCUT2D eigenvalue weighted by Gasteiger charge is 2.32. The van der Waals surface area contributed by atoms with E-state index in [1.165, 1.54) is 29.2 Å². The second-order valence-electron chi connectivity index (χ2n) is 6.64. The minimum absolute atomic E-state index is 0.0428. The first-order valence-corrected chi connectivity index (χ1v) is 8.58. The van der Waals surface area contributed by atoms with E-state index in [2.05, 4.69) is 12.4 Å². The molecule has 1 aliphatic heterocycles. The molecule has 1 aliphatic rings. The second-order valence-corrected chi connectivity index (χ2v) is 6.64. The number of amides is 1. The van der Waals surface area contributed by atoms with E-state index in [4.69, 9.17) is 0 Å². The zero-order valence-corrected chi connectivity index (χ0v) is 14.7. The summed E-state index contributed by atoms with van der Waals surface area (Å²) in [5.74, 6) is -1.25. The van der Waals surface area contributed by atoms with Gasteiger partial charge in [0.15, 0.2) is 0 Å². The number of alkyl halides is 3. The van der Waals surface area contributed by atoms with Crippen LogP contribution in [0.25, 0.3) is 0 Å². The first-order valence-electron chi connectivity index (χ1n) is 8.58. The molecule has 3 rings (SSSR count). The van der Waals surface area contributed by atoms with Gasteiger partial charge in [0.05, 0.1) is 50.2 Å². The standard InChI is InChI=1S/C19H19F4N3O/c1-25-7-9-26(10-8-25)17-6-5-14(19(21,22)23)12-16(17)24-18(27)13-3-2-4-15(20)11-13/h2-6,11-12H,7-10H2,1H3,(H,24,27)/p+1. The zero-order chi connectivity index (χ0) is 19.6. The molecule has 0 radical (unpaired) electrons. The van der Waals surface area contributed by atoms with Gasteiger partial charge in [0.2, 0.25) is 0 Å². The summed E-state index contributed by atoms with van der Waals surface area (Å²) < 4.78 is 52.7. The number of carbonyl (C=O) groups is 1. The summed E-state index contributed by atoms with van der Waals surface area (Å²) in [5, 5.41) is 2.52. The van der Waals surface area contributed by atoms with Crippen LogP contribution in [-0.2, 0) is 6.18 Å². The number of likely N-dealkylation sites (N-methyl/N-ethyl adjacent to an activating group) is 1. The molecule has 2 N–H and O–H groups in total. The molecule has 1 heterocycles. The van der Waals surface area contributed by atoms with Gasteiger partial charge in [-0.1, -0.05) is 6.07 Å². The monoisotopic (exact) mass is 382 g/mol. The van der Waals surface area contributed by atoms with Crippen LogP contribution in [0, 0.1) is 5.82 Å². The number of halogens is 4. The molecule has 0 atom stereocenters. The molecule has 4 nitrogen and oxygen atoms in total. The van der Waals surface area contributed by atoms with E-state index in [9.17, 15) is 22.4 Å². The van der Waals surface area contributed by atoms with Crippen molar-refractivity contribution in [3.8, 4) is 0 Å². The molecule has 0 unspecified atom stereocenters. The lowest BCUT2D eigenvalue weighted by Crippen LogP contribution is -3.12. The summed E-state index contributed by atoms with van der Waals surface area (Å²) in [5.41, 5.74) is -0.208. The smallest absolute Gasteiger partial charge is 0.359 e. The summed E-state index contributed by atoms with van der Waals surface area (Å²) in [6.45, 7) is 3.02. The van der Waals surface area contributed by atoms with Crippen molar-refractivity contribution < 1.29 is 27.3 Å². The van der Waals surface area contributed by atoms with E-state index in [1.807, 2.05) is 4.90 Å². The van der Waals surface area contributed by atoms with Gasteiger partial charge in [-0.2, -0.15) is 13.2 Å². The molecule has 1 saturated heterocycles. The number of piperazine rings is 1. The lowest BCUT2D eigenvalue weighted by molar-refractivity contribution is -0.880. The minimum Gasteiger partial charge on any atom is -0.359 e. The highest BCUT2D eigenvalue weighted by atomic mass is 19.4. The van der Waals surface area contributed by atoms with Crippen LogP contribution in [0.3, 0.4) is 0 Å². The van der Waals surface area contributed by atoms with Gasteiger partial charge in [-0.3, -0.25) is 4.79 Å². The summed E-state index contributed by atoms with van der Waals surface area (Å²) in [6.07, 6.45) is -4.52. The number of carbonyl (C=O) groups excluding carboxylic acids is 1. The molecule has 0 saturated carbocycles. The Morgan fingerprint density at radius 2 is 1.81 bits per heavy atom. The van der Waals surface area contributed by atoms with Crippen LogP contribution >= 0.6 is 0 Å². The summed E-state index contributed by atoms with van der Waals surface area (Å²) in [7, 11) is 2.05. The Kier molecular flexibility index (Phi) is 5.36. The number of nitrogens with zero attached hydrogens (tertiary/aromatic N) is 1. The van der Waals surface area contributed by atoms with E-state index in [0.29, 0.717) is 18.8 Å². The topological polar surface area (TPSA) is 36.8 Å². The fourth-order valence-electron chi connectivity index (χ4n) is 3.04. The Morgan fingerprint density at radius 1 is 1.11 bits per heavy atom. The number of rotatable bonds is 3. The Morgan fingerprint density at radius 3 is 2.44 bits per heavy atom. The van der Waals surface area contributed by atoms with Crippen LogP contribution in [0.15, 0.2) is 42.5 Å². The van der Waals surface area contributed by atoms with Crippen molar-refractivity contribution in [2.45, 2.75) is 6.18 Å². The molecular weight excluding hydrogens is 362 g/mol. The molecule has 8 heteroatoms. The number of hydrogen-bond acceptors (Lipinski definition) is 2. The number of benzene rings is 2. The molecule has 2 aromatic carbocycles. The number of anilines is 2. The molecule has 2 aromatic rings. The van der Waals surface area contributed by atoms with Crippen molar-refractivity contribution in [2.75, 3.05) is 43.4 Å². The lowest BCUT2D eigenvalue weighted by Gasteiger charge is -2.33. The van der Waals surface area contributed by atoms with Crippen molar-refractivity contribution in [3.63, 3.8) is 0 Å². The van der Waals surface area contributed by atoms with Crippen molar-refractivity contribution in [1.82, 2.24) is 0 Å². The quantitative estimate of drug-likeness (QED) is 0.801. The predicted molar refractivity (Wildman–Crippen MR) is 94.6 cm³/mol. The number of quaternary nitrogens is 1. The number of hydrogen-bond donors (Lipinski definition) is 2. The first-order chi connectivity index (χ1) is 12.7. The van der Waals surface area contributed by atoms with Crippen LogP contribution in [0.1, 0.15) is 15.9 Å². The minimum atomic E-state index is -4.52. The maximum atomic E-state index is 13.4. The average molecular weight is 382 g/mol. The van der Waals surface area contributed by atoms with Crippen LogP contribution in [0.2, 0.25) is 0 Å². The normalized spacial score (nSPS) is 15.7. The third-order valence-electron chi connectivity index (χ3n) is 4.62. The largest absolute Gasteiger partial charge is 0.416 e. The molecule has 1 fully saturated rings. The van der Waals surface area contributed by atoms with Gasteiger partial charge < -0.3 is 15.1 Å². The molecule has 0 aromatic heterocycles. The summed E-state index contributed by atoms with van der Waals surface area (Å²) in [4.78, 5) is 15.7. The van der Waals surface area contributed by atoms with Gasteiger partial charge >= 0.3 is 6.18 Å². The SMILES string of the molecule is C[NH+]1CCN(c2ccc(C(F)(F)F)cc2NC(=O)c2cccc(F)c2)CC1. The van der Waals surface area contributed by atoms with E-state index in [0.717, 1.165) is 31.3 Å². The molecule has 1 amide bonds. The Hall–Kier alpha value is -2.61. The molecule has 27 heavy (non-hydrogen) atoms. The van der Waals surface area contributed by atoms with Gasteiger partial charge in [0.1, 0.15) is 5.82 Å². The highest BCUT2D eigenvalue weighted by Crippen LogP contribution is 2.35. The van der Waals surface area contributed by atoms with Gasteiger partial charge in [0.25, 0.3) is 5.91 Å². The predicted octanol–water partition coefficient (Wildman–Crippen LogP) is 2.43. The van der Waals surface area contributed by atoms with Crippen LogP contribution in [0.5, 0.6) is 0 Å². The van der Waals surface area contributed by atoms with Crippen molar-refractivity contribution >= 4 is 17.3 Å². The maximum absolute atomic E-state index is 13.4. The Labute approximate surface area is 154 Å². The van der Waals surface area contributed by atoms with E-state index < -0.39 is 23.5 Å². The third kappa shape index (κ3) is 4.57. The van der Waals surface area contributed by atoms with Crippen molar-refractivity contribution in [1.29, 1.82) is 0 Å². The van der Waals surface area contributed by atoms with Gasteiger partial charge in [-0.15, -0.1) is 0 Å². The van der Waals surface area contributed by atoms with E-state index >= 15 is 0 Å². The Bertz CT molecular complexity index is 830. The van der Waals surface area contributed by atoms with Gasteiger partial charge in [-0.05, 0) is 36.4 Å². The van der Waals surface area contributed by atoms with Gasteiger partial charge in [0, 0.05) is 5.56 Å². The number of nitrogens with one attached hydrogen (secondary N) is 2. The molecule has 0 bridgehead atoms. The Balaban J connectivity index is 1.93. The highest BCUT2D eigenvalue weighted by molar-refractivity contribution is 6.06. The van der Waals surface area contributed by atoms with Crippen LogP contribution < -0.4 is 15.1 Å². The van der Waals surface area contributed by atoms with Crippen LogP contribution in [0.4, 0.5) is 28.9 Å². The molecule has 0 aliphatic carbocycles. The van der Waals surface area contributed by atoms with E-state index in [1.54, 1.807) is 0 Å². The first kappa shape index (κ1) is 19.2. The van der Waals surface area contributed by atoms with E-state index in [-0.39, 0.29) is 11.3 Å².